The largest absolute Gasteiger partial charge is 0.497 e. The molecule has 2 amide bonds. The van der Waals surface area contributed by atoms with Crippen molar-refractivity contribution < 1.29 is 14.3 Å². The lowest BCUT2D eigenvalue weighted by Gasteiger charge is -2.23. The summed E-state index contributed by atoms with van der Waals surface area (Å²) < 4.78 is 5.30. The summed E-state index contributed by atoms with van der Waals surface area (Å²) in [6, 6.07) is 21.9. The molecule has 2 heterocycles. The number of halogens is 2. The highest BCUT2D eigenvalue weighted by Gasteiger charge is 2.39. The summed E-state index contributed by atoms with van der Waals surface area (Å²) >= 11 is 13.2. The Balaban J connectivity index is 1.35. The lowest BCUT2D eigenvalue weighted by Crippen LogP contribution is -2.25. The van der Waals surface area contributed by atoms with E-state index in [1.807, 2.05) is 48.5 Å². The van der Waals surface area contributed by atoms with Crippen molar-refractivity contribution in [3.63, 3.8) is 0 Å². The second-order valence-corrected chi connectivity index (χ2v) is 10.5. The minimum atomic E-state index is -0.631. The van der Waals surface area contributed by atoms with Gasteiger partial charge in [0, 0.05) is 28.6 Å². The van der Waals surface area contributed by atoms with Gasteiger partial charge in [-0.15, -0.1) is 0 Å². The van der Waals surface area contributed by atoms with E-state index >= 15 is 0 Å². The highest BCUT2D eigenvalue weighted by Crippen LogP contribution is 2.39. The van der Waals surface area contributed by atoms with Gasteiger partial charge in [-0.2, -0.15) is 10.1 Å². The van der Waals surface area contributed by atoms with Crippen molar-refractivity contribution in [3.05, 3.63) is 94.0 Å². The number of hydrazone groups is 1. The summed E-state index contributed by atoms with van der Waals surface area (Å²) in [6.07, 6.45) is 0.609. The lowest BCUT2D eigenvalue weighted by molar-refractivity contribution is -0.121. The number of nitrogens with zero attached hydrogens (tertiary/aromatic N) is 3. The molecule has 3 aromatic rings. The van der Waals surface area contributed by atoms with Crippen molar-refractivity contribution in [2.45, 2.75) is 24.1 Å². The van der Waals surface area contributed by atoms with Crippen LogP contribution in [0.3, 0.4) is 0 Å². The monoisotopic (exact) mass is 552 g/mol. The number of carbonyl (C=O) groups excluding carboxylic acids is 2. The minimum Gasteiger partial charge on any atom is -0.497 e. The van der Waals surface area contributed by atoms with Crippen LogP contribution in [0.1, 0.15) is 30.0 Å². The molecule has 2 aliphatic rings. The van der Waals surface area contributed by atoms with E-state index in [0.717, 1.165) is 22.6 Å². The molecule has 1 N–H and O–H groups in total. The van der Waals surface area contributed by atoms with E-state index in [2.05, 4.69) is 10.3 Å². The molecule has 10 heteroatoms. The number of carbonyl (C=O) groups is 2. The smallest absolute Gasteiger partial charge is 0.262 e. The zero-order valence-corrected chi connectivity index (χ0v) is 22.1. The van der Waals surface area contributed by atoms with Gasteiger partial charge in [0.2, 0.25) is 5.91 Å². The Morgan fingerprint density at radius 1 is 1.03 bits per heavy atom. The Kier molecular flexibility index (Phi) is 7.50. The van der Waals surface area contributed by atoms with Gasteiger partial charge < -0.3 is 10.1 Å². The van der Waals surface area contributed by atoms with Gasteiger partial charge in [-0.3, -0.25) is 9.59 Å². The Hall–Kier alpha value is -3.33. The first-order valence-electron chi connectivity index (χ1n) is 11.5. The predicted octanol–water partition coefficient (Wildman–Crippen LogP) is 6.18. The van der Waals surface area contributed by atoms with E-state index in [1.54, 1.807) is 36.4 Å². The second-order valence-electron chi connectivity index (χ2n) is 8.49. The van der Waals surface area contributed by atoms with Crippen molar-refractivity contribution >= 4 is 63.3 Å². The number of hydrogen-bond acceptors (Lipinski definition) is 6. The van der Waals surface area contributed by atoms with E-state index in [0.29, 0.717) is 27.3 Å². The van der Waals surface area contributed by atoms with Crippen LogP contribution in [0.4, 0.5) is 5.69 Å². The number of rotatable bonds is 6. The van der Waals surface area contributed by atoms with E-state index in [1.165, 1.54) is 11.8 Å². The summed E-state index contributed by atoms with van der Waals surface area (Å²) in [5, 5.41) is 10.5. The number of thioether (sulfide) groups is 1. The maximum Gasteiger partial charge on any atom is 0.262 e. The van der Waals surface area contributed by atoms with E-state index < -0.39 is 5.25 Å². The maximum atomic E-state index is 12.8. The topological polar surface area (TPSA) is 83.4 Å². The normalized spacial score (nSPS) is 19.0. The lowest BCUT2D eigenvalue weighted by atomic mass is 9.98. The van der Waals surface area contributed by atoms with Gasteiger partial charge in [-0.25, -0.2) is 5.01 Å². The summed E-state index contributed by atoms with van der Waals surface area (Å²) in [7, 11) is 1.62. The van der Waals surface area contributed by atoms with Crippen molar-refractivity contribution in [1.82, 2.24) is 5.01 Å². The first-order chi connectivity index (χ1) is 17.9. The first kappa shape index (κ1) is 25.3. The first-order valence-corrected chi connectivity index (χ1v) is 13.1. The van der Waals surface area contributed by atoms with Gasteiger partial charge in [0.15, 0.2) is 5.17 Å². The van der Waals surface area contributed by atoms with Crippen LogP contribution < -0.4 is 10.1 Å². The van der Waals surface area contributed by atoms with E-state index in [4.69, 9.17) is 33.0 Å². The molecule has 0 fully saturated rings. The molecule has 0 unspecified atom stereocenters. The highest BCUT2D eigenvalue weighted by molar-refractivity contribution is 8.15. The molecule has 7 nitrogen and oxygen atoms in total. The van der Waals surface area contributed by atoms with Crippen molar-refractivity contribution in [2.75, 3.05) is 12.4 Å². The second kappa shape index (κ2) is 11.0. The molecule has 0 saturated carbocycles. The fourth-order valence-electron chi connectivity index (χ4n) is 4.11. The zero-order valence-electron chi connectivity index (χ0n) is 19.7. The van der Waals surface area contributed by atoms with E-state index in [9.17, 15) is 9.59 Å². The average molecular weight is 553 g/mol. The van der Waals surface area contributed by atoms with Gasteiger partial charge in [0.05, 0.1) is 18.9 Å². The van der Waals surface area contributed by atoms with Gasteiger partial charge in [0.1, 0.15) is 11.0 Å². The molecule has 0 radical (unpaired) electrons. The van der Waals surface area contributed by atoms with Crippen LogP contribution in [0.2, 0.25) is 10.0 Å². The van der Waals surface area contributed by atoms with Gasteiger partial charge in [0.25, 0.3) is 5.91 Å². The molecule has 188 valence electrons. The van der Waals surface area contributed by atoms with Crippen molar-refractivity contribution in [2.24, 2.45) is 10.1 Å². The number of amides is 2. The van der Waals surface area contributed by atoms with Crippen LogP contribution >= 0.6 is 35.0 Å². The summed E-state index contributed by atoms with van der Waals surface area (Å²) in [5.41, 5.74) is 3.42. The average Bonchev–Trinajstić information content (AvgIpc) is 3.50. The molecular formula is C27H22Cl2N4O3S. The fourth-order valence-corrected chi connectivity index (χ4v) is 5.42. The third kappa shape index (κ3) is 5.82. The summed E-state index contributed by atoms with van der Waals surface area (Å²) in [6.45, 7) is 0. The maximum absolute atomic E-state index is 12.8. The van der Waals surface area contributed by atoms with Crippen molar-refractivity contribution in [1.29, 1.82) is 0 Å². The molecule has 0 saturated heterocycles. The quantitative estimate of drug-likeness (QED) is 0.394. The number of ether oxygens (including phenoxy) is 1. The number of nitrogens with one attached hydrogen (secondary N) is 1. The minimum absolute atomic E-state index is 0.00603. The standard InChI is InChI=1S/C27H22Cl2N4O3S/c1-36-21-12-4-17(5-13-21)23-14-22(16-2-6-18(28)7-3-16)32-33(23)27-31-26(35)24(37-27)15-25(34)30-20-10-8-19(29)9-11-20/h2-13,23-24H,14-15H2,1H3,(H,30,34)/t23-,24-/m0/s1. The third-order valence-electron chi connectivity index (χ3n) is 6.01. The molecule has 0 spiro atoms. The number of amidine groups is 1. The molecule has 0 aromatic heterocycles. The molecule has 2 aliphatic heterocycles. The van der Waals surface area contributed by atoms with Gasteiger partial charge >= 0.3 is 0 Å². The number of methoxy groups -OCH3 is 1. The van der Waals surface area contributed by atoms with Crippen LogP contribution in [-0.2, 0) is 9.59 Å². The number of anilines is 1. The zero-order chi connectivity index (χ0) is 25.9. The predicted molar refractivity (Wildman–Crippen MR) is 149 cm³/mol. The van der Waals surface area contributed by atoms with Crippen LogP contribution in [-0.4, -0.2) is 40.1 Å². The molecule has 0 aliphatic carbocycles. The van der Waals surface area contributed by atoms with Gasteiger partial charge in [-0.05, 0) is 59.7 Å². The Labute approximate surface area is 228 Å². The third-order valence-corrected chi connectivity index (χ3v) is 7.66. The number of aliphatic imine (C=N–C) groups is 1. The molecule has 5 rings (SSSR count). The van der Waals surface area contributed by atoms with Gasteiger partial charge in [-0.1, -0.05) is 59.2 Å². The fraction of sp³-hybridized carbons (Fsp3) is 0.185. The Morgan fingerprint density at radius 2 is 1.68 bits per heavy atom. The summed E-state index contributed by atoms with van der Waals surface area (Å²) in [4.78, 5) is 29.7. The van der Waals surface area contributed by atoms with E-state index in [-0.39, 0.29) is 24.3 Å². The molecule has 0 bridgehead atoms. The van der Waals surface area contributed by atoms with Crippen molar-refractivity contribution in [3.8, 4) is 5.75 Å². The molecule has 2 atom stereocenters. The number of benzene rings is 3. The molecule has 3 aromatic carbocycles. The number of hydrogen-bond donors (Lipinski definition) is 1. The summed E-state index contributed by atoms with van der Waals surface area (Å²) in [5.74, 6) is 0.125. The van der Waals surface area contributed by atoms with Crippen LogP contribution in [0.25, 0.3) is 0 Å². The Morgan fingerprint density at radius 3 is 2.32 bits per heavy atom. The highest BCUT2D eigenvalue weighted by atomic mass is 35.5. The SMILES string of the molecule is COc1ccc([C@@H]2CC(c3ccc(Cl)cc3)=NN2C2=NC(=O)[C@H](CC(=O)Nc3ccc(Cl)cc3)S2)cc1. The molecule has 37 heavy (non-hydrogen) atoms. The van der Waals surface area contributed by atoms with Crippen LogP contribution in [0, 0.1) is 0 Å². The van der Waals surface area contributed by atoms with Crippen LogP contribution in [0.15, 0.2) is 82.9 Å². The van der Waals surface area contributed by atoms with Crippen LogP contribution in [0.5, 0.6) is 5.75 Å². The molecular weight excluding hydrogens is 531 g/mol. The Bertz CT molecular complexity index is 1380.